The van der Waals surface area contributed by atoms with Gasteiger partial charge in [-0.1, -0.05) is 17.7 Å². The molecule has 0 radical (unpaired) electrons. The van der Waals surface area contributed by atoms with Gasteiger partial charge in [0.05, 0.1) is 30.7 Å². The van der Waals surface area contributed by atoms with Crippen LogP contribution in [-0.4, -0.2) is 45.8 Å². The molecule has 10 heteroatoms. The zero-order valence-corrected chi connectivity index (χ0v) is 18.2. The van der Waals surface area contributed by atoms with Crippen molar-refractivity contribution in [3.05, 3.63) is 52.5 Å². The van der Waals surface area contributed by atoms with E-state index < -0.39 is 28.0 Å². The molecule has 1 unspecified atom stereocenters. The number of fused-ring (bicyclic) bond motifs is 1. The fraction of sp³-hybridized carbons (Fsp3) is 0.300. The molecule has 1 aliphatic heterocycles. The van der Waals surface area contributed by atoms with Crippen molar-refractivity contribution >= 4 is 44.9 Å². The molecular weight excluding hydrogens is 432 g/mol. The Hall–Kier alpha value is -2.78. The molecule has 3 rings (SSSR count). The van der Waals surface area contributed by atoms with Gasteiger partial charge in [-0.05, 0) is 49.7 Å². The first-order valence-corrected chi connectivity index (χ1v) is 11.4. The third-order valence-electron chi connectivity index (χ3n) is 4.57. The molecule has 1 atom stereocenters. The van der Waals surface area contributed by atoms with Gasteiger partial charge in [-0.3, -0.25) is 9.10 Å². The summed E-state index contributed by atoms with van der Waals surface area (Å²) in [7, 11) is -3.67. The van der Waals surface area contributed by atoms with Crippen molar-refractivity contribution < 1.29 is 27.5 Å². The Morgan fingerprint density at radius 3 is 2.70 bits per heavy atom. The molecule has 2 aromatic carbocycles. The molecule has 1 amide bonds. The topological polar surface area (TPSA) is 102 Å². The molecule has 0 aliphatic carbocycles. The molecule has 0 saturated carbocycles. The Balaban J connectivity index is 1.87. The molecule has 8 nitrogen and oxygen atoms in total. The minimum absolute atomic E-state index is 0.214. The van der Waals surface area contributed by atoms with Gasteiger partial charge >= 0.3 is 5.97 Å². The highest BCUT2D eigenvalue weighted by Gasteiger charge is 2.35. The first-order chi connectivity index (χ1) is 14.1. The zero-order chi connectivity index (χ0) is 22.1. The van der Waals surface area contributed by atoms with Crippen molar-refractivity contribution in [2.45, 2.75) is 20.0 Å². The van der Waals surface area contributed by atoms with Gasteiger partial charge in [-0.15, -0.1) is 0 Å². The molecule has 30 heavy (non-hydrogen) atoms. The van der Waals surface area contributed by atoms with Gasteiger partial charge in [0.1, 0.15) is 5.75 Å². The summed E-state index contributed by atoms with van der Waals surface area (Å²) in [4.78, 5) is 25.0. The van der Waals surface area contributed by atoms with E-state index in [9.17, 15) is 18.0 Å². The Bertz CT molecular complexity index is 1100. The van der Waals surface area contributed by atoms with Crippen LogP contribution < -0.4 is 14.4 Å². The van der Waals surface area contributed by atoms with Crippen LogP contribution in [0.4, 0.5) is 11.4 Å². The lowest BCUT2D eigenvalue weighted by molar-refractivity contribution is -0.122. The maximum Gasteiger partial charge on any atom is 0.338 e. The lowest BCUT2D eigenvalue weighted by Crippen LogP contribution is -2.48. The molecule has 1 N–H and O–H groups in total. The number of carbonyl (C=O) groups excluding carboxylic acids is 2. The fourth-order valence-corrected chi connectivity index (χ4v) is 4.16. The summed E-state index contributed by atoms with van der Waals surface area (Å²) in [5.41, 5.74) is 1.54. The number of sulfonamides is 1. The molecular formula is C20H21ClN2O6S. The van der Waals surface area contributed by atoms with E-state index >= 15 is 0 Å². The van der Waals surface area contributed by atoms with Crippen LogP contribution in [0.1, 0.15) is 22.8 Å². The molecule has 1 heterocycles. The van der Waals surface area contributed by atoms with E-state index in [0.29, 0.717) is 21.8 Å². The summed E-state index contributed by atoms with van der Waals surface area (Å²) < 4.78 is 36.4. The number of nitrogens with one attached hydrogen (secondary N) is 1. The van der Waals surface area contributed by atoms with Crippen LogP contribution in [0.5, 0.6) is 5.75 Å². The minimum Gasteiger partial charge on any atom is -0.476 e. The van der Waals surface area contributed by atoms with E-state index in [2.05, 4.69) is 5.32 Å². The second-order valence-corrected chi connectivity index (χ2v) is 9.04. The highest BCUT2D eigenvalue weighted by molar-refractivity contribution is 7.92. The second-order valence-electron chi connectivity index (χ2n) is 6.70. The maximum atomic E-state index is 12.9. The van der Waals surface area contributed by atoms with Crippen LogP contribution >= 0.6 is 11.6 Å². The van der Waals surface area contributed by atoms with E-state index in [0.717, 1.165) is 10.6 Å². The van der Waals surface area contributed by atoms with Crippen LogP contribution in [-0.2, 0) is 19.6 Å². The summed E-state index contributed by atoms with van der Waals surface area (Å²) in [6.07, 6.45) is -0.0515. The van der Waals surface area contributed by atoms with Gasteiger partial charge in [-0.2, -0.15) is 0 Å². The quantitative estimate of drug-likeness (QED) is 0.700. The van der Waals surface area contributed by atoms with Crippen LogP contribution in [0.25, 0.3) is 0 Å². The number of halogens is 1. The molecule has 0 bridgehead atoms. The van der Waals surface area contributed by atoms with Gasteiger partial charge in [0.25, 0.3) is 5.91 Å². The predicted octanol–water partition coefficient (Wildman–Crippen LogP) is 2.99. The molecule has 0 fully saturated rings. The number of esters is 1. The molecule has 160 valence electrons. The number of ether oxygens (including phenoxy) is 2. The van der Waals surface area contributed by atoms with E-state index in [1.54, 1.807) is 38.1 Å². The number of anilines is 2. The summed E-state index contributed by atoms with van der Waals surface area (Å²) in [6.45, 7) is 3.41. The fourth-order valence-electron chi connectivity index (χ4n) is 3.09. The number of hydrogen-bond donors (Lipinski definition) is 1. The summed E-state index contributed by atoms with van der Waals surface area (Å²) in [5.74, 6) is -0.810. The Morgan fingerprint density at radius 2 is 2.03 bits per heavy atom. The number of benzene rings is 2. The standard InChI is InChI=1S/C20H21ClN2O6S/c1-4-28-20(25)14-6-5-7-15(12(14)2)22-19(24)18-11-23(30(3,26)27)16-10-13(21)8-9-17(16)29-18/h5-10,18H,4,11H2,1-3H3,(H,22,24). The van der Waals surface area contributed by atoms with Gasteiger partial charge < -0.3 is 14.8 Å². The van der Waals surface area contributed by atoms with Crippen LogP contribution in [0, 0.1) is 6.92 Å². The van der Waals surface area contributed by atoms with Crippen molar-refractivity contribution in [2.24, 2.45) is 0 Å². The van der Waals surface area contributed by atoms with Crippen LogP contribution in [0.2, 0.25) is 5.02 Å². The highest BCUT2D eigenvalue weighted by atomic mass is 35.5. The third kappa shape index (κ3) is 4.52. The van der Waals surface area contributed by atoms with Crippen LogP contribution in [0.3, 0.4) is 0 Å². The van der Waals surface area contributed by atoms with E-state index in [4.69, 9.17) is 21.1 Å². The van der Waals surface area contributed by atoms with Gasteiger partial charge in [0.15, 0.2) is 6.10 Å². The number of carbonyl (C=O) groups is 2. The summed E-state index contributed by atoms with van der Waals surface area (Å²) >= 11 is 5.98. The Kier molecular flexibility index (Phi) is 6.23. The van der Waals surface area contributed by atoms with Crippen molar-refractivity contribution in [1.82, 2.24) is 0 Å². The molecule has 0 spiro atoms. The van der Waals surface area contributed by atoms with E-state index in [1.165, 1.54) is 12.1 Å². The summed E-state index contributed by atoms with van der Waals surface area (Å²) in [5, 5.41) is 3.06. The molecule has 0 aromatic heterocycles. The smallest absolute Gasteiger partial charge is 0.338 e. The molecule has 0 saturated heterocycles. The minimum atomic E-state index is -3.67. The lowest BCUT2D eigenvalue weighted by Gasteiger charge is -2.34. The number of hydrogen-bond acceptors (Lipinski definition) is 6. The molecule has 1 aliphatic rings. The van der Waals surface area contributed by atoms with Crippen molar-refractivity contribution in [1.29, 1.82) is 0 Å². The van der Waals surface area contributed by atoms with Gasteiger partial charge in [-0.25, -0.2) is 13.2 Å². The first kappa shape index (κ1) is 21.9. The Morgan fingerprint density at radius 1 is 1.30 bits per heavy atom. The normalized spacial score (nSPS) is 15.7. The average Bonchev–Trinajstić information content (AvgIpc) is 2.68. The van der Waals surface area contributed by atoms with Gasteiger partial charge in [0.2, 0.25) is 10.0 Å². The SMILES string of the molecule is CCOC(=O)c1cccc(NC(=O)C2CN(S(C)(=O)=O)c3cc(Cl)ccc3O2)c1C. The average molecular weight is 453 g/mol. The number of rotatable bonds is 5. The largest absolute Gasteiger partial charge is 0.476 e. The van der Waals surface area contributed by atoms with Crippen LogP contribution in [0.15, 0.2) is 36.4 Å². The zero-order valence-electron chi connectivity index (χ0n) is 16.6. The van der Waals surface area contributed by atoms with E-state index in [1.807, 2.05) is 0 Å². The second kappa shape index (κ2) is 8.53. The van der Waals surface area contributed by atoms with Crippen molar-refractivity contribution in [3.63, 3.8) is 0 Å². The van der Waals surface area contributed by atoms with Crippen molar-refractivity contribution in [2.75, 3.05) is 29.0 Å². The molecule has 2 aromatic rings. The van der Waals surface area contributed by atoms with Crippen molar-refractivity contribution in [3.8, 4) is 5.75 Å². The number of amides is 1. The van der Waals surface area contributed by atoms with Gasteiger partial charge in [0, 0.05) is 10.7 Å². The monoisotopic (exact) mass is 452 g/mol. The maximum absolute atomic E-state index is 12.9. The first-order valence-electron chi connectivity index (χ1n) is 9.13. The highest BCUT2D eigenvalue weighted by Crippen LogP contribution is 2.37. The Labute approximate surface area is 179 Å². The number of nitrogens with zero attached hydrogens (tertiary/aromatic N) is 1. The van der Waals surface area contributed by atoms with E-state index in [-0.39, 0.29) is 24.6 Å². The lowest BCUT2D eigenvalue weighted by atomic mass is 10.1. The third-order valence-corrected chi connectivity index (χ3v) is 5.95. The summed E-state index contributed by atoms with van der Waals surface area (Å²) in [6, 6.07) is 9.40. The predicted molar refractivity (Wildman–Crippen MR) is 114 cm³/mol.